The fourth-order valence-electron chi connectivity index (χ4n) is 1.76. The highest BCUT2D eigenvalue weighted by Crippen LogP contribution is 2.27. The van der Waals surface area contributed by atoms with Crippen molar-refractivity contribution in [1.82, 2.24) is 10.4 Å². The number of carboxylic acids is 1. The highest BCUT2D eigenvalue weighted by atomic mass is 16.5. The minimum atomic E-state index is -1.08. The molecule has 1 aromatic carbocycles. The van der Waals surface area contributed by atoms with E-state index in [-0.39, 0.29) is 5.91 Å². The van der Waals surface area contributed by atoms with Crippen LogP contribution in [0, 0.1) is 0 Å². The lowest BCUT2D eigenvalue weighted by Crippen LogP contribution is -2.17. The lowest BCUT2D eigenvalue weighted by Gasteiger charge is -2.09. The largest absolute Gasteiger partial charge is 0.493 e. The summed E-state index contributed by atoms with van der Waals surface area (Å²) in [6.07, 6.45) is 4.46. The van der Waals surface area contributed by atoms with Crippen LogP contribution in [-0.2, 0) is 4.79 Å². The summed E-state index contributed by atoms with van der Waals surface area (Å²) in [5.41, 5.74) is 3.48. The van der Waals surface area contributed by atoms with E-state index < -0.39 is 12.6 Å². The lowest BCUT2D eigenvalue weighted by molar-refractivity contribution is -0.139. The second-order valence-electron chi connectivity index (χ2n) is 4.53. The fraction of sp³-hybridized carbons (Fsp3) is 0.125. The number of nitrogens with zero attached hydrogens (tertiary/aromatic N) is 2. The molecule has 0 spiro atoms. The molecule has 1 aromatic heterocycles. The summed E-state index contributed by atoms with van der Waals surface area (Å²) < 4.78 is 10.2. The monoisotopic (exact) mass is 329 g/mol. The Hall–Kier alpha value is -3.42. The van der Waals surface area contributed by atoms with Crippen LogP contribution in [0.25, 0.3) is 0 Å². The Morgan fingerprint density at radius 1 is 1.25 bits per heavy atom. The van der Waals surface area contributed by atoms with Gasteiger partial charge in [0, 0.05) is 18.0 Å². The number of aliphatic carboxylic acids is 1. The summed E-state index contributed by atoms with van der Waals surface area (Å²) in [6, 6.07) is 7.97. The molecule has 2 aromatic rings. The van der Waals surface area contributed by atoms with Crippen LogP contribution < -0.4 is 14.9 Å². The predicted octanol–water partition coefficient (Wildman–Crippen LogP) is 1.32. The van der Waals surface area contributed by atoms with Gasteiger partial charge >= 0.3 is 5.97 Å². The normalized spacial score (nSPS) is 10.4. The Kier molecular flexibility index (Phi) is 5.84. The highest BCUT2D eigenvalue weighted by Gasteiger charge is 2.07. The topological polar surface area (TPSA) is 110 Å². The molecule has 2 N–H and O–H groups in total. The van der Waals surface area contributed by atoms with Crippen LogP contribution in [0.1, 0.15) is 15.9 Å². The molecule has 1 amide bonds. The Labute approximate surface area is 137 Å². The Morgan fingerprint density at radius 3 is 2.67 bits per heavy atom. The van der Waals surface area contributed by atoms with Gasteiger partial charge in [0.25, 0.3) is 5.91 Å². The van der Waals surface area contributed by atoms with E-state index in [1.807, 2.05) is 0 Å². The number of methoxy groups -OCH3 is 1. The van der Waals surface area contributed by atoms with Crippen molar-refractivity contribution in [3.63, 3.8) is 0 Å². The van der Waals surface area contributed by atoms with E-state index in [4.69, 9.17) is 14.6 Å². The maximum Gasteiger partial charge on any atom is 0.341 e. The first-order chi connectivity index (χ1) is 11.6. The van der Waals surface area contributed by atoms with Gasteiger partial charge < -0.3 is 14.6 Å². The molecule has 0 aliphatic rings. The number of hydrogen-bond acceptors (Lipinski definition) is 6. The average Bonchev–Trinajstić information content (AvgIpc) is 2.61. The number of ether oxygens (including phenoxy) is 2. The van der Waals surface area contributed by atoms with Gasteiger partial charge in [0.15, 0.2) is 18.1 Å². The first kappa shape index (κ1) is 16.9. The second-order valence-corrected chi connectivity index (χ2v) is 4.53. The molecular formula is C16H15N3O5. The standard InChI is InChI=1S/C16H15N3O5/c1-23-14-8-11(2-3-13(14)24-10-15(20)21)9-18-19-16(22)12-4-6-17-7-5-12/h2-9H,10H2,1H3,(H,19,22)(H,20,21)/b18-9+. The number of carbonyl (C=O) groups excluding carboxylic acids is 1. The van der Waals surface area contributed by atoms with Crippen LogP contribution in [0.5, 0.6) is 11.5 Å². The summed E-state index contributed by atoms with van der Waals surface area (Å²) in [5, 5.41) is 12.5. The number of pyridine rings is 1. The summed E-state index contributed by atoms with van der Waals surface area (Å²) in [7, 11) is 1.44. The van der Waals surface area contributed by atoms with Gasteiger partial charge in [0.05, 0.1) is 13.3 Å². The van der Waals surface area contributed by atoms with E-state index in [1.165, 1.54) is 25.7 Å². The van der Waals surface area contributed by atoms with Crippen molar-refractivity contribution in [2.45, 2.75) is 0 Å². The molecule has 24 heavy (non-hydrogen) atoms. The van der Waals surface area contributed by atoms with Crippen molar-refractivity contribution in [3.05, 3.63) is 53.9 Å². The molecule has 124 valence electrons. The zero-order valence-electron chi connectivity index (χ0n) is 12.8. The van der Waals surface area contributed by atoms with Gasteiger partial charge in [-0.05, 0) is 35.9 Å². The number of aromatic nitrogens is 1. The van der Waals surface area contributed by atoms with E-state index in [1.54, 1.807) is 30.3 Å². The maximum atomic E-state index is 11.8. The SMILES string of the molecule is COc1cc(/C=N/NC(=O)c2ccncc2)ccc1OCC(=O)O. The first-order valence-corrected chi connectivity index (χ1v) is 6.86. The molecule has 0 radical (unpaired) electrons. The number of amides is 1. The third-order valence-electron chi connectivity index (χ3n) is 2.86. The van der Waals surface area contributed by atoms with Crippen LogP contribution in [0.2, 0.25) is 0 Å². The predicted molar refractivity (Wildman–Crippen MR) is 85.4 cm³/mol. The van der Waals surface area contributed by atoms with Crippen LogP contribution >= 0.6 is 0 Å². The fourth-order valence-corrected chi connectivity index (χ4v) is 1.76. The Bertz CT molecular complexity index is 747. The first-order valence-electron chi connectivity index (χ1n) is 6.86. The molecule has 0 saturated heterocycles. The molecule has 1 heterocycles. The van der Waals surface area contributed by atoms with Gasteiger partial charge in [-0.3, -0.25) is 9.78 Å². The minimum Gasteiger partial charge on any atom is -0.493 e. The van der Waals surface area contributed by atoms with Gasteiger partial charge in [-0.1, -0.05) is 0 Å². The van der Waals surface area contributed by atoms with Crippen LogP contribution in [-0.4, -0.2) is 41.9 Å². The van der Waals surface area contributed by atoms with E-state index in [9.17, 15) is 9.59 Å². The third kappa shape index (κ3) is 4.80. The Balaban J connectivity index is 2.01. The number of rotatable bonds is 7. The maximum absolute atomic E-state index is 11.8. The molecule has 8 heteroatoms. The van der Waals surface area contributed by atoms with E-state index in [2.05, 4.69) is 15.5 Å². The van der Waals surface area contributed by atoms with E-state index >= 15 is 0 Å². The molecule has 0 saturated carbocycles. The van der Waals surface area contributed by atoms with Crippen molar-refractivity contribution < 1.29 is 24.2 Å². The Morgan fingerprint density at radius 2 is 2.00 bits per heavy atom. The van der Waals surface area contributed by atoms with Gasteiger partial charge in [-0.15, -0.1) is 0 Å². The quantitative estimate of drug-likeness (QED) is 0.585. The van der Waals surface area contributed by atoms with Gasteiger partial charge in [-0.25, -0.2) is 10.2 Å². The molecule has 0 aliphatic heterocycles. The molecule has 2 rings (SSSR count). The molecule has 0 unspecified atom stereocenters. The minimum absolute atomic E-state index is 0.304. The van der Waals surface area contributed by atoms with Gasteiger partial charge in [-0.2, -0.15) is 5.10 Å². The van der Waals surface area contributed by atoms with Crippen molar-refractivity contribution in [3.8, 4) is 11.5 Å². The molecule has 0 aliphatic carbocycles. The van der Waals surface area contributed by atoms with E-state index in [0.717, 1.165) is 0 Å². The molecule has 0 bridgehead atoms. The number of carbonyl (C=O) groups is 2. The molecular weight excluding hydrogens is 314 g/mol. The zero-order valence-corrected chi connectivity index (χ0v) is 12.8. The summed E-state index contributed by atoms with van der Waals surface area (Å²) in [4.78, 5) is 26.2. The highest BCUT2D eigenvalue weighted by molar-refractivity contribution is 5.94. The molecule has 8 nitrogen and oxygen atoms in total. The summed E-state index contributed by atoms with van der Waals surface area (Å²) in [6.45, 7) is -0.466. The van der Waals surface area contributed by atoms with Crippen molar-refractivity contribution in [2.75, 3.05) is 13.7 Å². The van der Waals surface area contributed by atoms with Gasteiger partial charge in [0.1, 0.15) is 0 Å². The van der Waals surface area contributed by atoms with Crippen molar-refractivity contribution in [2.24, 2.45) is 5.10 Å². The van der Waals surface area contributed by atoms with Crippen LogP contribution in [0.3, 0.4) is 0 Å². The van der Waals surface area contributed by atoms with Crippen LogP contribution in [0.4, 0.5) is 0 Å². The molecule has 0 fully saturated rings. The molecule has 0 atom stereocenters. The number of benzene rings is 1. The average molecular weight is 329 g/mol. The number of nitrogens with one attached hydrogen (secondary N) is 1. The zero-order chi connectivity index (χ0) is 17.4. The summed E-state index contributed by atoms with van der Waals surface area (Å²) in [5.74, 6) is -0.776. The van der Waals surface area contributed by atoms with Crippen molar-refractivity contribution >= 4 is 18.1 Å². The van der Waals surface area contributed by atoms with Crippen molar-refractivity contribution in [1.29, 1.82) is 0 Å². The smallest absolute Gasteiger partial charge is 0.341 e. The lowest BCUT2D eigenvalue weighted by atomic mass is 10.2. The van der Waals surface area contributed by atoms with Crippen LogP contribution in [0.15, 0.2) is 47.8 Å². The number of carboxylic acid groups (broad SMARTS) is 1. The number of hydrogen-bond donors (Lipinski definition) is 2. The number of hydrazone groups is 1. The van der Waals surface area contributed by atoms with Gasteiger partial charge in [0.2, 0.25) is 0 Å². The van der Waals surface area contributed by atoms with E-state index in [0.29, 0.717) is 22.6 Å². The second kappa shape index (κ2) is 8.28. The summed E-state index contributed by atoms with van der Waals surface area (Å²) >= 11 is 0. The third-order valence-corrected chi connectivity index (χ3v) is 2.86.